The van der Waals surface area contributed by atoms with Gasteiger partial charge in [0.25, 0.3) is 0 Å². The molecular formula is C22H25NO2. The predicted molar refractivity (Wildman–Crippen MR) is 102 cm³/mol. The highest BCUT2D eigenvalue weighted by atomic mass is 16.3. The quantitative estimate of drug-likeness (QED) is 0.612. The zero-order valence-corrected chi connectivity index (χ0v) is 14.5. The third kappa shape index (κ3) is 4.45. The van der Waals surface area contributed by atoms with Crippen LogP contribution in [0.4, 0.5) is 0 Å². The van der Waals surface area contributed by atoms with E-state index >= 15 is 0 Å². The number of rotatable bonds is 7. The van der Waals surface area contributed by atoms with Crippen molar-refractivity contribution < 1.29 is 10.2 Å². The maximum atomic E-state index is 10.4. The SMILES string of the molecule is CC(NCCC(O)c1ccc2ccccc2c1)C(O)c1ccccc1. The predicted octanol–water partition coefficient (Wildman–Crippen LogP) is 3.98. The average Bonchev–Trinajstić information content (AvgIpc) is 2.67. The molecular weight excluding hydrogens is 310 g/mol. The fourth-order valence-electron chi connectivity index (χ4n) is 3.08. The molecule has 3 atom stereocenters. The van der Waals surface area contributed by atoms with Gasteiger partial charge in [-0.1, -0.05) is 66.7 Å². The lowest BCUT2D eigenvalue weighted by Gasteiger charge is -2.21. The smallest absolute Gasteiger partial charge is 0.0940 e. The first-order valence-corrected chi connectivity index (χ1v) is 8.78. The summed E-state index contributed by atoms with van der Waals surface area (Å²) in [7, 11) is 0. The average molecular weight is 335 g/mol. The first-order valence-electron chi connectivity index (χ1n) is 8.78. The summed E-state index contributed by atoms with van der Waals surface area (Å²) in [5, 5.41) is 26.4. The molecule has 0 aromatic heterocycles. The van der Waals surface area contributed by atoms with Crippen LogP contribution in [0.3, 0.4) is 0 Å². The highest BCUT2D eigenvalue weighted by molar-refractivity contribution is 5.83. The summed E-state index contributed by atoms with van der Waals surface area (Å²) in [6, 6.07) is 23.8. The molecule has 3 rings (SSSR count). The molecule has 3 N–H and O–H groups in total. The first-order chi connectivity index (χ1) is 12.1. The van der Waals surface area contributed by atoms with Crippen molar-refractivity contribution >= 4 is 10.8 Å². The molecule has 0 saturated heterocycles. The van der Waals surface area contributed by atoms with Crippen LogP contribution in [0.25, 0.3) is 10.8 Å². The number of hydrogen-bond acceptors (Lipinski definition) is 3. The van der Waals surface area contributed by atoms with Gasteiger partial charge in [-0.15, -0.1) is 0 Å². The molecule has 3 nitrogen and oxygen atoms in total. The van der Waals surface area contributed by atoms with E-state index in [1.807, 2.05) is 67.6 Å². The Balaban J connectivity index is 1.53. The lowest BCUT2D eigenvalue weighted by Crippen LogP contribution is -2.33. The molecule has 25 heavy (non-hydrogen) atoms. The molecule has 0 aliphatic rings. The van der Waals surface area contributed by atoms with Gasteiger partial charge in [0, 0.05) is 6.04 Å². The van der Waals surface area contributed by atoms with Crippen LogP contribution in [0.15, 0.2) is 72.8 Å². The first kappa shape index (κ1) is 17.6. The lowest BCUT2D eigenvalue weighted by molar-refractivity contribution is 0.127. The molecule has 0 fully saturated rings. The van der Waals surface area contributed by atoms with Crippen LogP contribution in [0.1, 0.15) is 36.7 Å². The van der Waals surface area contributed by atoms with Gasteiger partial charge in [0.15, 0.2) is 0 Å². The monoisotopic (exact) mass is 335 g/mol. The van der Waals surface area contributed by atoms with Crippen LogP contribution in [0, 0.1) is 0 Å². The Labute approximate surface area is 148 Å². The van der Waals surface area contributed by atoms with Crippen LogP contribution in [0.5, 0.6) is 0 Å². The second-order valence-corrected chi connectivity index (χ2v) is 6.51. The van der Waals surface area contributed by atoms with Gasteiger partial charge in [-0.3, -0.25) is 0 Å². The molecule has 130 valence electrons. The molecule has 3 aromatic carbocycles. The number of benzene rings is 3. The number of aliphatic hydroxyl groups excluding tert-OH is 2. The summed E-state index contributed by atoms with van der Waals surface area (Å²) < 4.78 is 0. The van der Waals surface area contributed by atoms with Crippen molar-refractivity contribution in [3.8, 4) is 0 Å². The van der Waals surface area contributed by atoms with Gasteiger partial charge in [0.2, 0.25) is 0 Å². The number of nitrogens with one attached hydrogen (secondary N) is 1. The van der Waals surface area contributed by atoms with Gasteiger partial charge in [0.1, 0.15) is 0 Å². The summed E-state index contributed by atoms with van der Waals surface area (Å²) >= 11 is 0. The van der Waals surface area contributed by atoms with E-state index in [4.69, 9.17) is 0 Å². The van der Waals surface area contributed by atoms with Gasteiger partial charge in [-0.25, -0.2) is 0 Å². The van der Waals surface area contributed by atoms with Gasteiger partial charge in [-0.2, -0.15) is 0 Å². The molecule has 0 radical (unpaired) electrons. The van der Waals surface area contributed by atoms with Crippen LogP contribution in [0.2, 0.25) is 0 Å². The van der Waals surface area contributed by atoms with Gasteiger partial charge in [0.05, 0.1) is 12.2 Å². The van der Waals surface area contributed by atoms with Gasteiger partial charge in [-0.05, 0) is 47.9 Å². The Morgan fingerprint density at radius 1 is 0.800 bits per heavy atom. The largest absolute Gasteiger partial charge is 0.388 e. The summed E-state index contributed by atoms with van der Waals surface area (Å²) in [5.41, 5.74) is 1.83. The number of fused-ring (bicyclic) bond motifs is 1. The minimum atomic E-state index is -0.556. The van der Waals surface area contributed by atoms with Crippen LogP contribution in [-0.2, 0) is 0 Å². The second-order valence-electron chi connectivity index (χ2n) is 6.51. The second kappa shape index (κ2) is 8.26. The molecule has 0 amide bonds. The van der Waals surface area contributed by atoms with Gasteiger partial charge >= 0.3 is 0 Å². The molecule has 0 heterocycles. The Morgan fingerprint density at radius 2 is 1.48 bits per heavy atom. The number of hydrogen-bond donors (Lipinski definition) is 3. The molecule has 0 bridgehead atoms. The van der Waals surface area contributed by atoms with Crippen LogP contribution >= 0.6 is 0 Å². The molecule has 0 spiro atoms. The van der Waals surface area contributed by atoms with Crippen molar-refractivity contribution in [1.82, 2.24) is 5.32 Å². The summed E-state index contributed by atoms with van der Waals surface area (Å²) in [6.07, 6.45) is -0.471. The topological polar surface area (TPSA) is 52.5 Å². The van der Waals surface area contributed by atoms with Gasteiger partial charge < -0.3 is 15.5 Å². The maximum absolute atomic E-state index is 10.4. The molecule has 3 aromatic rings. The van der Waals surface area contributed by atoms with Crippen molar-refractivity contribution in [2.45, 2.75) is 31.6 Å². The van der Waals surface area contributed by atoms with E-state index in [9.17, 15) is 10.2 Å². The Kier molecular flexibility index (Phi) is 5.82. The standard InChI is InChI=1S/C22H25NO2/c1-16(22(25)18-8-3-2-4-9-18)23-14-13-21(24)20-12-11-17-7-5-6-10-19(17)15-20/h2-12,15-16,21-25H,13-14H2,1H3. The van der Waals surface area contributed by atoms with E-state index in [0.29, 0.717) is 13.0 Å². The zero-order valence-electron chi connectivity index (χ0n) is 14.5. The zero-order chi connectivity index (χ0) is 17.6. The van der Waals surface area contributed by atoms with Crippen LogP contribution in [-0.4, -0.2) is 22.8 Å². The fraction of sp³-hybridized carbons (Fsp3) is 0.273. The van der Waals surface area contributed by atoms with E-state index in [1.165, 1.54) is 5.39 Å². The molecule has 3 unspecified atom stereocenters. The van der Waals surface area contributed by atoms with Crippen molar-refractivity contribution in [1.29, 1.82) is 0 Å². The summed E-state index contributed by atoms with van der Waals surface area (Å²) in [4.78, 5) is 0. The maximum Gasteiger partial charge on any atom is 0.0940 e. The van der Waals surface area contributed by atoms with E-state index in [0.717, 1.165) is 16.5 Å². The minimum absolute atomic E-state index is 0.0776. The third-order valence-corrected chi connectivity index (χ3v) is 4.66. The highest BCUT2D eigenvalue weighted by Gasteiger charge is 2.16. The minimum Gasteiger partial charge on any atom is -0.388 e. The molecule has 0 aliphatic heterocycles. The summed E-state index contributed by atoms with van der Waals surface area (Å²) in [5.74, 6) is 0. The number of aliphatic hydroxyl groups is 2. The normalized spacial score (nSPS) is 15.0. The Morgan fingerprint density at radius 3 is 2.24 bits per heavy atom. The van der Waals surface area contributed by atoms with E-state index < -0.39 is 12.2 Å². The van der Waals surface area contributed by atoms with E-state index in [-0.39, 0.29) is 6.04 Å². The Bertz CT molecular complexity index is 803. The lowest BCUT2D eigenvalue weighted by atomic mass is 10.0. The molecule has 3 heteroatoms. The molecule has 0 saturated carbocycles. The molecule has 0 aliphatic carbocycles. The highest BCUT2D eigenvalue weighted by Crippen LogP contribution is 2.22. The van der Waals surface area contributed by atoms with Crippen LogP contribution < -0.4 is 5.32 Å². The fourth-order valence-corrected chi connectivity index (χ4v) is 3.08. The van der Waals surface area contributed by atoms with Crippen molar-refractivity contribution in [2.24, 2.45) is 0 Å². The van der Waals surface area contributed by atoms with E-state index in [1.54, 1.807) is 0 Å². The van der Waals surface area contributed by atoms with Crippen molar-refractivity contribution in [2.75, 3.05) is 6.54 Å². The third-order valence-electron chi connectivity index (χ3n) is 4.66. The Hall–Kier alpha value is -2.20. The van der Waals surface area contributed by atoms with E-state index in [2.05, 4.69) is 17.4 Å². The van der Waals surface area contributed by atoms with Crippen molar-refractivity contribution in [3.63, 3.8) is 0 Å². The van der Waals surface area contributed by atoms with Crippen molar-refractivity contribution in [3.05, 3.63) is 83.9 Å². The summed E-state index contributed by atoms with van der Waals surface area (Å²) in [6.45, 7) is 2.60.